The molecule has 1 atom stereocenters. The van der Waals surface area contributed by atoms with Gasteiger partial charge in [0, 0.05) is 17.1 Å². The summed E-state index contributed by atoms with van der Waals surface area (Å²) in [6.45, 7) is 1.88. The molecule has 178 valence electrons. The lowest BCUT2D eigenvalue weighted by Gasteiger charge is -2.11. The summed E-state index contributed by atoms with van der Waals surface area (Å²) >= 11 is 1.08. The van der Waals surface area contributed by atoms with Crippen LogP contribution in [0, 0.1) is 12.7 Å². The van der Waals surface area contributed by atoms with Crippen LogP contribution in [0.15, 0.2) is 89.1 Å². The molecule has 0 bridgehead atoms. The monoisotopic (exact) mass is 490 g/mol. The van der Waals surface area contributed by atoms with Gasteiger partial charge in [0.15, 0.2) is 0 Å². The Kier molecular flexibility index (Phi) is 7.17. The fourth-order valence-corrected chi connectivity index (χ4v) is 4.53. The number of hydrogen-bond acceptors (Lipinski definition) is 6. The van der Waals surface area contributed by atoms with Crippen LogP contribution in [0.5, 0.6) is 5.75 Å². The van der Waals surface area contributed by atoms with E-state index in [1.807, 2.05) is 25.1 Å². The number of thioether (sulfide) groups is 1. The minimum Gasteiger partial charge on any atom is -0.497 e. The zero-order chi connectivity index (χ0) is 24.9. The Bertz CT molecular complexity index is 1320. The van der Waals surface area contributed by atoms with E-state index in [4.69, 9.17) is 10.5 Å². The molecule has 1 heterocycles. The average Bonchev–Trinajstić information content (AvgIpc) is 3.18. The number of ether oxygens (including phenoxy) is 1. The number of hydrogen-bond donors (Lipinski definition) is 3. The van der Waals surface area contributed by atoms with Crippen LogP contribution in [0.4, 0.5) is 21.5 Å². The van der Waals surface area contributed by atoms with Gasteiger partial charge in [-0.15, -0.1) is 0 Å². The molecular weight excluding hydrogens is 467 g/mol. The van der Waals surface area contributed by atoms with Crippen LogP contribution < -0.4 is 21.1 Å². The third-order valence-electron chi connectivity index (χ3n) is 5.29. The minimum absolute atomic E-state index is 0.0907. The highest BCUT2D eigenvalue weighted by Crippen LogP contribution is 2.36. The summed E-state index contributed by atoms with van der Waals surface area (Å²) in [6.07, 6.45) is 0. The van der Waals surface area contributed by atoms with E-state index in [-0.39, 0.29) is 11.3 Å². The second kappa shape index (κ2) is 10.4. The van der Waals surface area contributed by atoms with Gasteiger partial charge in [-0.1, -0.05) is 30.0 Å². The number of nitrogens with two attached hydrogens (primary N) is 1. The number of amides is 2. The van der Waals surface area contributed by atoms with Crippen LogP contribution in [-0.2, 0) is 9.59 Å². The van der Waals surface area contributed by atoms with Gasteiger partial charge in [0.2, 0.25) is 5.91 Å². The van der Waals surface area contributed by atoms with Crippen molar-refractivity contribution in [1.82, 2.24) is 0 Å². The number of carbonyl (C=O) groups is 2. The molecule has 35 heavy (non-hydrogen) atoms. The van der Waals surface area contributed by atoms with E-state index in [2.05, 4.69) is 15.6 Å². The molecule has 0 saturated carbocycles. The van der Waals surface area contributed by atoms with E-state index in [0.717, 1.165) is 17.3 Å². The predicted molar refractivity (Wildman–Crippen MR) is 138 cm³/mol. The molecule has 4 N–H and O–H groups in total. The van der Waals surface area contributed by atoms with Crippen molar-refractivity contribution in [2.75, 3.05) is 17.7 Å². The van der Waals surface area contributed by atoms with Gasteiger partial charge in [-0.3, -0.25) is 9.59 Å². The highest BCUT2D eigenvalue weighted by atomic mass is 32.2. The maximum absolute atomic E-state index is 13.3. The molecule has 1 aliphatic heterocycles. The first-order valence-corrected chi connectivity index (χ1v) is 11.6. The van der Waals surface area contributed by atoms with Crippen LogP contribution in [0.1, 0.15) is 5.56 Å². The third kappa shape index (κ3) is 5.52. The van der Waals surface area contributed by atoms with E-state index < -0.39 is 22.9 Å². The summed E-state index contributed by atoms with van der Waals surface area (Å²) in [7, 11) is 1.56. The lowest BCUT2D eigenvalue weighted by Crippen LogP contribution is -2.29. The molecule has 0 saturated heterocycles. The minimum atomic E-state index is -0.894. The second-order valence-electron chi connectivity index (χ2n) is 7.71. The first-order chi connectivity index (χ1) is 16.9. The Labute approximate surface area is 206 Å². The number of aliphatic imine (C=N–C) groups is 1. The molecule has 0 aliphatic carbocycles. The largest absolute Gasteiger partial charge is 0.497 e. The normalized spacial score (nSPS) is 16.3. The summed E-state index contributed by atoms with van der Waals surface area (Å²) in [5, 5.41) is 5.01. The van der Waals surface area contributed by atoms with Crippen molar-refractivity contribution in [2.45, 2.75) is 12.2 Å². The van der Waals surface area contributed by atoms with Crippen LogP contribution in [0.25, 0.3) is 0 Å². The number of anilines is 2. The van der Waals surface area contributed by atoms with Crippen molar-refractivity contribution in [3.63, 3.8) is 0 Å². The molecule has 0 radical (unpaired) electrons. The van der Waals surface area contributed by atoms with Gasteiger partial charge >= 0.3 is 0 Å². The van der Waals surface area contributed by atoms with E-state index >= 15 is 0 Å². The number of carbonyl (C=O) groups excluding carboxylic acids is 2. The SMILES string of the molecule is COc1ccc(N=C2S[C@@H](C(=O)Nc3ccc(F)cc3)C(N)=C2C(=O)Nc2ccccc2C)cc1. The molecule has 3 aromatic carbocycles. The highest BCUT2D eigenvalue weighted by molar-refractivity contribution is 8.16. The maximum atomic E-state index is 13.3. The quantitative estimate of drug-likeness (QED) is 0.461. The zero-order valence-electron chi connectivity index (χ0n) is 19.0. The van der Waals surface area contributed by atoms with E-state index in [1.165, 1.54) is 24.3 Å². The Morgan fingerprint density at radius 1 is 1.00 bits per heavy atom. The Morgan fingerprint density at radius 3 is 2.34 bits per heavy atom. The Morgan fingerprint density at radius 2 is 1.69 bits per heavy atom. The van der Waals surface area contributed by atoms with Gasteiger partial charge in [-0.25, -0.2) is 9.38 Å². The smallest absolute Gasteiger partial charge is 0.260 e. The van der Waals surface area contributed by atoms with Crippen molar-refractivity contribution in [3.05, 3.63) is 95.4 Å². The van der Waals surface area contributed by atoms with Crippen LogP contribution in [0.3, 0.4) is 0 Å². The summed E-state index contributed by atoms with van der Waals surface area (Å²) in [5.41, 5.74) is 9.08. The average molecular weight is 491 g/mol. The van der Waals surface area contributed by atoms with Crippen molar-refractivity contribution in [1.29, 1.82) is 0 Å². The molecule has 0 aromatic heterocycles. The Hall–Kier alpha value is -4.11. The topological polar surface area (TPSA) is 106 Å². The fraction of sp³-hybridized carbons (Fsp3) is 0.115. The standard InChI is InChI=1S/C26H23FN4O3S/c1-15-5-3-4-6-20(15)31-24(32)21-22(28)23(25(33)29-17-9-7-16(27)8-10-17)35-26(21)30-18-11-13-19(34-2)14-12-18/h3-14,23H,28H2,1-2H3,(H,29,33)(H,31,32)/t23-/m1/s1. The molecule has 7 nitrogen and oxygen atoms in total. The van der Waals surface area contributed by atoms with Gasteiger partial charge in [0.05, 0.1) is 18.4 Å². The number of methoxy groups -OCH3 is 1. The van der Waals surface area contributed by atoms with Gasteiger partial charge in [-0.2, -0.15) is 0 Å². The van der Waals surface area contributed by atoms with Gasteiger partial charge in [0.25, 0.3) is 5.91 Å². The molecule has 9 heteroatoms. The number of nitrogens with zero attached hydrogens (tertiary/aromatic N) is 1. The molecule has 3 aromatic rings. The van der Waals surface area contributed by atoms with Crippen LogP contribution >= 0.6 is 11.8 Å². The molecule has 0 unspecified atom stereocenters. The number of benzene rings is 3. The molecular formula is C26H23FN4O3S. The second-order valence-corrected chi connectivity index (χ2v) is 8.80. The number of para-hydroxylation sites is 1. The lowest BCUT2D eigenvalue weighted by atomic mass is 10.1. The predicted octanol–water partition coefficient (Wildman–Crippen LogP) is 4.78. The van der Waals surface area contributed by atoms with Gasteiger partial charge in [0.1, 0.15) is 21.9 Å². The highest BCUT2D eigenvalue weighted by Gasteiger charge is 2.38. The van der Waals surface area contributed by atoms with Crippen molar-refractivity contribution in [3.8, 4) is 5.75 Å². The summed E-state index contributed by atoms with van der Waals surface area (Å²) < 4.78 is 18.4. The molecule has 0 spiro atoms. The van der Waals surface area contributed by atoms with E-state index in [1.54, 1.807) is 37.4 Å². The van der Waals surface area contributed by atoms with Crippen molar-refractivity contribution >= 4 is 45.7 Å². The summed E-state index contributed by atoms with van der Waals surface area (Å²) in [6, 6.07) is 19.7. The zero-order valence-corrected chi connectivity index (χ0v) is 19.9. The van der Waals surface area contributed by atoms with Crippen molar-refractivity contribution < 1.29 is 18.7 Å². The molecule has 1 aliphatic rings. The molecule has 4 rings (SSSR count). The number of rotatable bonds is 6. The lowest BCUT2D eigenvalue weighted by molar-refractivity contribution is -0.115. The number of nitrogens with one attached hydrogen (secondary N) is 2. The third-order valence-corrected chi connectivity index (χ3v) is 6.51. The fourth-order valence-electron chi connectivity index (χ4n) is 3.41. The van der Waals surface area contributed by atoms with Gasteiger partial charge < -0.3 is 21.1 Å². The van der Waals surface area contributed by atoms with Crippen LogP contribution in [0.2, 0.25) is 0 Å². The number of aryl methyl sites for hydroxylation is 1. The first kappa shape index (κ1) is 24.0. The summed E-state index contributed by atoms with van der Waals surface area (Å²) in [4.78, 5) is 30.9. The van der Waals surface area contributed by atoms with E-state index in [9.17, 15) is 14.0 Å². The van der Waals surface area contributed by atoms with Crippen LogP contribution in [-0.4, -0.2) is 29.2 Å². The molecule has 2 amide bonds. The first-order valence-electron chi connectivity index (χ1n) is 10.7. The molecule has 0 fully saturated rings. The van der Waals surface area contributed by atoms with E-state index in [0.29, 0.717) is 27.9 Å². The Balaban J connectivity index is 1.66. The van der Waals surface area contributed by atoms with Crippen molar-refractivity contribution in [2.24, 2.45) is 10.7 Å². The summed E-state index contributed by atoms with van der Waals surface area (Å²) in [5.74, 6) is -0.659. The maximum Gasteiger partial charge on any atom is 0.260 e. The number of halogens is 1. The van der Waals surface area contributed by atoms with Gasteiger partial charge in [-0.05, 0) is 67.1 Å².